The maximum absolute atomic E-state index is 9.43. The summed E-state index contributed by atoms with van der Waals surface area (Å²) in [5.74, 6) is 0.743. The predicted octanol–water partition coefficient (Wildman–Crippen LogP) is 3.80. The Morgan fingerprint density at radius 1 is 1.26 bits per heavy atom. The summed E-state index contributed by atoms with van der Waals surface area (Å²) in [6.45, 7) is 6.55. The van der Waals surface area contributed by atoms with E-state index in [4.69, 9.17) is 0 Å². The van der Waals surface area contributed by atoms with Crippen LogP contribution in [0.5, 0.6) is 0 Å². The Kier molecular flexibility index (Phi) is 4.99. The van der Waals surface area contributed by atoms with Gasteiger partial charge in [0.25, 0.3) is 0 Å². The molecule has 2 rings (SSSR count). The van der Waals surface area contributed by atoms with Crippen molar-refractivity contribution >= 4 is 0 Å². The molecular weight excluding hydrogens is 232 g/mol. The third kappa shape index (κ3) is 4.36. The van der Waals surface area contributed by atoms with Crippen LogP contribution in [0.2, 0.25) is 0 Å². The lowest BCUT2D eigenvalue weighted by Gasteiger charge is -2.25. The lowest BCUT2D eigenvalue weighted by molar-refractivity contribution is 0.243. The van der Waals surface area contributed by atoms with Crippen LogP contribution < -0.4 is 0 Å². The molecule has 0 aliphatic heterocycles. The Morgan fingerprint density at radius 2 is 1.95 bits per heavy atom. The third-order valence-electron chi connectivity index (χ3n) is 3.83. The topological polar surface area (TPSA) is 27.0 Å². The lowest BCUT2D eigenvalue weighted by Crippen LogP contribution is -2.32. The van der Waals surface area contributed by atoms with E-state index in [1.54, 1.807) is 0 Å². The molecule has 1 aliphatic rings. The summed E-state index contributed by atoms with van der Waals surface area (Å²) in [7, 11) is 0. The van der Waals surface area contributed by atoms with Crippen molar-refractivity contribution in [2.45, 2.75) is 45.1 Å². The Bertz CT molecular complexity index is 415. The molecule has 0 aromatic heterocycles. The standard InChI is InChI=1S/C17H24N2/c1-14(2)10-11-19(17-8-9-17)13-16(12-18)15-6-4-3-5-7-15/h3-7,14,16-17H,8-11,13H2,1-2H3. The Hall–Kier alpha value is -1.33. The molecule has 0 spiro atoms. The zero-order valence-electron chi connectivity index (χ0n) is 12.0. The molecule has 1 saturated carbocycles. The van der Waals surface area contributed by atoms with Crippen molar-refractivity contribution in [1.29, 1.82) is 5.26 Å². The van der Waals surface area contributed by atoms with Crippen molar-refractivity contribution < 1.29 is 0 Å². The second kappa shape index (κ2) is 6.73. The van der Waals surface area contributed by atoms with Crippen LogP contribution in [0.15, 0.2) is 30.3 Å². The number of nitriles is 1. The van der Waals surface area contributed by atoms with E-state index in [0.717, 1.165) is 30.6 Å². The van der Waals surface area contributed by atoms with Gasteiger partial charge in [0.1, 0.15) is 0 Å². The van der Waals surface area contributed by atoms with Gasteiger partial charge in [-0.15, -0.1) is 0 Å². The van der Waals surface area contributed by atoms with Crippen molar-refractivity contribution in [2.75, 3.05) is 13.1 Å². The summed E-state index contributed by atoms with van der Waals surface area (Å²) in [5, 5.41) is 9.43. The molecule has 0 saturated heterocycles. The molecule has 1 unspecified atom stereocenters. The van der Waals surface area contributed by atoms with Gasteiger partial charge in [-0.3, -0.25) is 4.90 Å². The van der Waals surface area contributed by atoms with Crippen LogP contribution in [0, 0.1) is 17.2 Å². The molecule has 2 heteroatoms. The average molecular weight is 256 g/mol. The number of benzene rings is 1. The second-order valence-corrected chi connectivity index (χ2v) is 6.00. The monoisotopic (exact) mass is 256 g/mol. The molecule has 1 aromatic rings. The van der Waals surface area contributed by atoms with Gasteiger partial charge in [-0.2, -0.15) is 5.26 Å². The van der Waals surface area contributed by atoms with Gasteiger partial charge in [0.15, 0.2) is 0 Å². The fourth-order valence-corrected chi connectivity index (χ4v) is 2.43. The predicted molar refractivity (Wildman–Crippen MR) is 78.8 cm³/mol. The fraction of sp³-hybridized carbons (Fsp3) is 0.588. The van der Waals surface area contributed by atoms with Crippen molar-refractivity contribution in [3.63, 3.8) is 0 Å². The molecule has 0 amide bonds. The molecule has 1 aromatic carbocycles. The van der Waals surface area contributed by atoms with Crippen LogP contribution in [0.4, 0.5) is 0 Å². The number of rotatable bonds is 7. The average Bonchev–Trinajstić information content (AvgIpc) is 3.24. The minimum atomic E-state index is 0.00830. The largest absolute Gasteiger partial charge is 0.299 e. The number of hydrogen-bond donors (Lipinski definition) is 0. The third-order valence-corrected chi connectivity index (χ3v) is 3.83. The minimum absolute atomic E-state index is 0.00830. The first-order chi connectivity index (χ1) is 9.20. The van der Waals surface area contributed by atoms with Gasteiger partial charge in [-0.05, 0) is 37.3 Å². The van der Waals surface area contributed by atoms with Crippen LogP contribution in [0.3, 0.4) is 0 Å². The molecule has 0 heterocycles. The van der Waals surface area contributed by atoms with Crippen LogP contribution >= 0.6 is 0 Å². The summed E-state index contributed by atoms with van der Waals surface area (Å²) >= 11 is 0. The van der Waals surface area contributed by atoms with E-state index < -0.39 is 0 Å². The van der Waals surface area contributed by atoms with Gasteiger partial charge >= 0.3 is 0 Å². The van der Waals surface area contributed by atoms with E-state index in [2.05, 4.69) is 36.9 Å². The van der Waals surface area contributed by atoms with Crippen LogP contribution in [0.1, 0.15) is 44.6 Å². The van der Waals surface area contributed by atoms with E-state index in [0.29, 0.717) is 0 Å². The first-order valence-electron chi connectivity index (χ1n) is 7.39. The maximum Gasteiger partial charge on any atom is 0.0839 e. The molecule has 1 aliphatic carbocycles. The zero-order valence-corrected chi connectivity index (χ0v) is 12.0. The van der Waals surface area contributed by atoms with Crippen molar-refractivity contribution in [3.8, 4) is 6.07 Å². The quantitative estimate of drug-likeness (QED) is 0.742. The Labute approximate surface area is 117 Å². The Morgan fingerprint density at radius 3 is 2.47 bits per heavy atom. The molecule has 2 nitrogen and oxygen atoms in total. The van der Waals surface area contributed by atoms with Crippen molar-refractivity contribution in [1.82, 2.24) is 4.90 Å². The highest BCUT2D eigenvalue weighted by Gasteiger charge is 2.30. The summed E-state index contributed by atoms with van der Waals surface area (Å²) in [4.78, 5) is 2.53. The second-order valence-electron chi connectivity index (χ2n) is 6.00. The molecule has 1 atom stereocenters. The van der Waals surface area contributed by atoms with Gasteiger partial charge in [0, 0.05) is 12.6 Å². The first kappa shape index (κ1) is 14.1. The highest BCUT2D eigenvalue weighted by atomic mass is 15.2. The number of hydrogen-bond acceptors (Lipinski definition) is 2. The van der Waals surface area contributed by atoms with Gasteiger partial charge in [-0.1, -0.05) is 44.2 Å². The molecule has 19 heavy (non-hydrogen) atoms. The highest BCUT2D eigenvalue weighted by molar-refractivity contribution is 5.25. The van der Waals surface area contributed by atoms with Crippen LogP contribution in [-0.2, 0) is 0 Å². The molecule has 0 bridgehead atoms. The van der Waals surface area contributed by atoms with Crippen molar-refractivity contribution in [3.05, 3.63) is 35.9 Å². The van der Waals surface area contributed by atoms with Crippen LogP contribution in [0.25, 0.3) is 0 Å². The van der Waals surface area contributed by atoms with Gasteiger partial charge in [-0.25, -0.2) is 0 Å². The molecular formula is C17H24N2. The summed E-state index contributed by atoms with van der Waals surface area (Å²) < 4.78 is 0. The lowest BCUT2D eigenvalue weighted by atomic mass is 9.99. The normalized spacial score (nSPS) is 16.6. The molecule has 0 N–H and O–H groups in total. The van der Waals surface area contributed by atoms with Crippen LogP contribution in [-0.4, -0.2) is 24.0 Å². The van der Waals surface area contributed by atoms with Gasteiger partial charge in [0.05, 0.1) is 12.0 Å². The summed E-state index contributed by atoms with van der Waals surface area (Å²) in [5.41, 5.74) is 1.15. The fourth-order valence-electron chi connectivity index (χ4n) is 2.43. The van der Waals surface area contributed by atoms with E-state index in [9.17, 15) is 5.26 Å². The summed E-state index contributed by atoms with van der Waals surface area (Å²) in [6, 6.07) is 13.4. The van der Waals surface area contributed by atoms with E-state index in [-0.39, 0.29) is 5.92 Å². The van der Waals surface area contributed by atoms with E-state index >= 15 is 0 Å². The van der Waals surface area contributed by atoms with E-state index in [1.165, 1.54) is 19.3 Å². The summed E-state index contributed by atoms with van der Waals surface area (Å²) in [6.07, 6.45) is 3.85. The zero-order chi connectivity index (χ0) is 13.7. The highest BCUT2D eigenvalue weighted by Crippen LogP contribution is 2.29. The maximum atomic E-state index is 9.43. The van der Waals surface area contributed by atoms with Gasteiger partial charge in [0.2, 0.25) is 0 Å². The molecule has 102 valence electrons. The SMILES string of the molecule is CC(C)CCN(CC(C#N)c1ccccc1)C1CC1. The Balaban J connectivity index is 1.97. The molecule has 0 radical (unpaired) electrons. The van der Waals surface area contributed by atoms with Crippen molar-refractivity contribution in [2.24, 2.45) is 5.92 Å². The molecule has 1 fully saturated rings. The first-order valence-corrected chi connectivity index (χ1v) is 7.39. The number of nitrogens with zero attached hydrogens (tertiary/aromatic N) is 2. The van der Waals surface area contributed by atoms with Gasteiger partial charge < -0.3 is 0 Å². The smallest absolute Gasteiger partial charge is 0.0839 e. The van der Waals surface area contributed by atoms with E-state index in [1.807, 2.05) is 18.2 Å². The minimum Gasteiger partial charge on any atom is -0.299 e.